The Hall–Kier alpha value is -0.570. The van der Waals surface area contributed by atoms with Crippen LogP contribution in [0.5, 0.6) is 0 Å². The van der Waals surface area contributed by atoms with Crippen molar-refractivity contribution in [3.63, 3.8) is 0 Å². The van der Waals surface area contributed by atoms with E-state index in [4.69, 9.17) is 0 Å². The molecule has 1 rings (SSSR count). The Morgan fingerprint density at radius 3 is 2.91 bits per heavy atom. The first kappa shape index (κ1) is 8.53. The minimum Gasteiger partial charge on any atom is -0.341 e. The van der Waals surface area contributed by atoms with E-state index in [1.165, 1.54) is 0 Å². The molecule has 1 unspecified atom stereocenters. The van der Waals surface area contributed by atoms with E-state index in [-0.39, 0.29) is 5.91 Å². The van der Waals surface area contributed by atoms with E-state index >= 15 is 0 Å². The maximum absolute atomic E-state index is 11.2. The zero-order valence-corrected chi connectivity index (χ0v) is 7.26. The summed E-state index contributed by atoms with van der Waals surface area (Å²) in [5.41, 5.74) is 0. The SMILES string of the molecule is CCC(=O)N(C)C1CCNC1. The van der Waals surface area contributed by atoms with Gasteiger partial charge in [0.1, 0.15) is 0 Å². The van der Waals surface area contributed by atoms with Gasteiger partial charge in [-0.3, -0.25) is 4.79 Å². The van der Waals surface area contributed by atoms with Crippen LogP contribution in [0, 0.1) is 0 Å². The van der Waals surface area contributed by atoms with Crippen molar-refractivity contribution in [1.29, 1.82) is 0 Å². The van der Waals surface area contributed by atoms with Gasteiger partial charge in [-0.05, 0) is 13.0 Å². The van der Waals surface area contributed by atoms with E-state index in [2.05, 4.69) is 5.32 Å². The average molecular weight is 156 g/mol. The number of amides is 1. The van der Waals surface area contributed by atoms with Crippen LogP contribution >= 0.6 is 0 Å². The second-order valence-electron chi connectivity index (χ2n) is 3.00. The Balaban J connectivity index is 2.39. The maximum Gasteiger partial charge on any atom is 0.222 e. The first-order chi connectivity index (χ1) is 5.25. The fourth-order valence-corrected chi connectivity index (χ4v) is 1.42. The number of carbonyl (C=O) groups excluding carboxylic acids is 1. The summed E-state index contributed by atoms with van der Waals surface area (Å²) in [6.45, 7) is 3.91. The fourth-order valence-electron chi connectivity index (χ4n) is 1.42. The van der Waals surface area contributed by atoms with E-state index < -0.39 is 0 Å². The number of carbonyl (C=O) groups is 1. The van der Waals surface area contributed by atoms with Crippen molar-refractivity contribution in [3.8, 4) is 0 Å². The Bertz CT molecular complexity index is 141. The van der Waals surface area contributed by atoms with Crippen LogP contribution in [0.1, 0.15) is 19.8 Å². The first-order valence-electron chi connectivity index (χ1n) is 4.22. The highest BCUT2D eigenvalue weighted by Gasteiger charge is 2.21. The van der Waals surface area contributed by atoms with Crippen LogP contribution in [-0.2, 0) is 4.79 Å². The summed E-state index contributed by atoms with van der Waals surface area (Å²) in [4.78, 5) is 13.1. The average Bonchev–Trinajstić information content (AvgIpc) is 2.53. The lowest BCUT2D eigenvalue weighted by molar-refractivity contribution is -0.131. The van der Waals surface area contributed by atoms with Gasteiger partial charge in [0.05, 0.1) is 0 Å². The van der Waals surface area contributed by atoms with Gasteiger partial charge in [0, 0.05) is 26.1 Å². The van der Waals surface area contributed by atoms with Crippen LogP contribution in [0.3, 0.4) is 0 Å². The second kappa shape index (κ2) is 3.72. The Labute approximate surface area is 67.8 Å². The van der Waals surface area contributed by atoms with Crippen LogP contribution in [0.25, 0.3) is 0 Å². The van der Waals surface area contributed by atoms with Crippen molar-refractivity contribution < 1.29 is 4.79 Å². The highest BCUT2D eigenvalue weighted by Crippen LogP contribution is 2.06. The van der Waals surface area contributed by atoms with Crippen LogP contribution in [-0.4, -0.2) is 37.0 Å². The Morgan fingerprint density at radius 1 is 1.73 bits per heavy atom. The summed E-state index contributed by atoms with van der Waals surface area (Å²) in [6.07, 6.45) is 1.72. The zero-order valence-electron chi connectivity index (χ0n) is 7.26. The highest BCUT2D eigenvalue weighted by molar-refractivity contribution is 5.75. The number of rotatable bonds is 2. The normalized spacial score (nSPS) is 23.6. The van der Waals surface area contributed by atoms with E-state index in [9.17, 15) is 4.79 Å². The highest BCUT2D eigenvalue weighted by atomic mass is 16.2. The summed E-state index contributed by atoms with van der Waals surface area (Å²) in [5.74, 6) is 0.249. The predicted octanol–water partition coefficient (Wildman–Crippen LogP) is 0.217. The van der Waals surface area contributed by atoms with Crippen molar-refractivity contribution in [2.45, 2.75) is 25.8 Å². The van der Waals surface area contributed by atoms with Crippen molar-refractivity contribution in [1.82, 2.24) is 10.2 Å². The summed E-state index contributed by atoms with van der Waals surface area (Å²) < 4.78 is 0. The standard InChI is InChI=1S/C8H16N2O/c1-3-8(11)10(2)7-4-5-9-6-7/h7,9H,3-6H2,1-2H3. The molecule has 1 aliphatic heterocycles. The topological polar surface area (TPSA) is 32.3 Å². The lowest BCUT2D eigenvalue weighted by Gasteiger charge is -2.22. The molecule has 3 heteroatoms. The van der Waals surface area contributed by atoms with Gasteiger partial charge >= 0.3 is 0 Å². The van der Waals surface area contributed by atoms with Crippen LogP contribution in [0.2, 0.25) is 0 Å². The predicted molar refractivity (Wildman–Crippen MR) is 44.3 cm³/mol. The minimum atomic E-state index is 0.249. The molecule has 0 aliphatic carbocycles. The van der Waals surface area contributed by atoms with Gasteiger partial charge in [0.2, 0.25) is 5.91 Å². The number of likely N-dealkylation sites (N-methyl/N-ethyl adjacent to an activating group) is 1. The molecule has 0 aromatic rings. The molecule has 0 bridgehead atoms. The molecule has 1 atom stereocenters. The van der Waals surface area contributed by atoms with Gasteiger partial charge in [-0.2, -0.15) is 0 Å². The molecule has 11 heavy (non-hydrogen) atoms. The van der Waals surface area contributed by atoms with Gasteiger partial charge in [0.25, 0.3) is 0 Å². The quantitative estimate of drug-likeness (QED) is 0.620. The van der Waals surface area contributed by atoms with Crippen LogP contribution < -0.4 is 5.32 Å². The molecule has 1 fully saturated rings. The molecule has 1 amide bonds. The third-order valence-electron chi connectivity index (χ3n) is 2.28. The largest absolute Gasteiger partial charge is 0.341 e. The molecular formula is C8H16N2O. The van der Waals surface area contributed by atoms with Crippen molar-refractivity contribution in [2.75, 3.05) is 20.1 Å². The van der Waals surface area contributed by atoms with E-state index in [0.29, 0.717) is 12.5 Å². The summed E-state index contributed by atoms with van der Waals surface area (Å²) in [6, 6.07) is 0.433. The van der Waals surface area contributed by atoms with E-state index in [1.807, 2.05) is 18.9 Å². The lowest BCUT2D eigenvalue weighted by atomic mass is 10.2. The van der Waals surface area contributed by atoms with Crippen molar-refractivity contribution in [2.24, 2.45) is 0 Å². The number of nitrogens with one attached hydrogen (secondary N) is 1. The van der Waals surface area contributed by atoms with Gasteiger partial charge in [-0.1, -0.05) is 6.92 Å². The molecule has 1 saturated heterocycles. The molecule has 0 radical (unpaired) electrons. The van der Waals surface area contributed by atoms with Crippen LogP contribution in [0.15, 0.2) is 0 Å². The number of nitrogens with zero attached hydrogens (tertiary/aromatic N) is 1. The molecule has 1 N–H and O–H groups in total. The Kier molecular flexibility index (Phi) is 2.88. The third-order valence-corrected chi connectivity index (χ3v) is 2.28. The van der Waals surface area contributed by atoms with Gasteiger partial charge in [-0.15, -0.1) is 0 Å². The molecule has 0 spiro atoms. The molecule has 0 saturated carbocycles. The number of hydrogen-bond acceptors (Lipinski definition) is 2. The molecule has 0 aromatic carbocycles. The second-order valence-corrected chi connectivity index (χ2v) is 3.00. The van der Waals surface area contributed by atoms with E-state index in [1.54, 1.807) is 0 Å². The Morgan fingerprint density at radius 2 is 2.45 bits per heavy atom. The van der Waals surface area contributed by atoms with Crippen molar-refractivity contribution in [3.05, 3.63) is 0 Å². The molecule has 64 valence electrons. The zero-order chi connectivity index (χ0) is 8.27. The first-order valence-corrected chi connectivity index (χ1v) is 4.22. The molecule has 0 aromatic heterocycles. The van der Waals surface area contributed by atoms with Gasteiger partial charge < -0.3 is 10.2 Å². The third kappa shape index (κ3) is 1.93. The number of hydrogen-bond donors (Lipinski definition) is 1. The smallest absolute Gasteiger partial charge is 0.222 e. The summed E-state index contributed by atoms with van der Waals surface area (Å²) in [7, 11) is 1.89. The minimum absolute atomic E-state index is 0.249. The van der Waals surface area contributed by atoms with Crippen LogP contribution in [0.4, 0.5) is 0 Å². The van der Waals surface area contributed by atoms with Gasteiger partial charge in [-0.25, -0.2) is 0 Å². The molecule has 1 aliphatic rings. The monoisotopic (exact) mass is 156 g/mol. The molecular weight excluding hydrogens is 140 g/mol. The van der Waals surface area contributed by atoms with E-state index in [0.717, 1.165) is 19.5 Å². The summed E-state index contributed by atoms with van der Waals surface area (Å²) >= 11 is 0. The molecule has 1 heterocycles. The maximum atomic E-state index is 11.2. The lowest BCUT2D eigenvalue weighted by Crippen LogP contribution is -2.37. The molecule has 3 nitrogen and oxygen atoms in total. The fraction of sp³-hybridized carbons (Fsp3) is 0.875. The summed E-state index contributed by atoms with van der Waals surface area (Å²) in [5, 5.41) is 3.24. The van der Waals surface area contributed by atoms with Crippen molar-refractivity contribution >= 4 is 5.91 Å². The van der Waals surface area contributed by atoms with Gasteiger partial charge in [0.15, 0.2) is 0 Å².